The van der Waals surface area contributed by atoms with Crippen molar-refractivity contribution in [2.45, 2.75) is 10.4 Å². The Kier molecular flexibility index (Phi) is 3.22. The maximum atomic E-state index is 5.86. The summed E-state index contributed by atoms with van der Waals surface area (Å²) >= 11 is 1.60. The van der Waals surface area contributed by atoms with Gasteiger partial charge in [0.05, 0.1) is 11.4 Å². The summed E-state index contributed by atoms with van der Waals surface area (Å²) in [5.41, 5.74) is 7.80. The number of nitrogens with zero attached hydrogens (tertiary/aromatic N) is 5. The quantitative estimate of drug-likeness (QED) is 0.725. The molecule has 0 radical (unpaired) electrons. The number of fused-ring (bicyclic) bond motifs is 1. The fourth-order valence-electron chi connectivity index (χ4n) is 1.89. The highest BCUT2D eigenvalue weighted by molar-refractivity contribution is 7.99. The van der Waals surface area contributed by atoms with Gasteiger partial charge in [0.15, 0.2) is 10.8 Å². The molecule has 3 aromatic heterocycles. The summed E-state index contributed by atoms with van der Waals surface area (Å²) in [7, 11) is 1.90. The lowest BCUT2D eigenvalue weighted by molar-refractivity contribution is 0.766. The van der Waals surface area contributed by atoms with Crippen LogP contribution in [0.25, 0.3) is 5.65 Å². The summed E-state index contributed by atoms with van der Waals surface area (Å²) in [6, 6.07) is 5.83. The van der Waals surface area contributed by atoms with Crippen LogP contribution in [-0.4, -0.2) is 30.9 Å². The third-order valence-electron chi connectivity index (χ3n) is 2.84. The SMILES string of the molecule is Cn1cc(C(CN)Sc2nnc3ccccn23)cn1. The molecule has 19 heavy (non-hydrogen) atoms. The highest BCUT2D eigenvalue weighted by Crippen LogP contribution is 2.33. The van der Waals surface area contributed by atoms with Crippen LogP contribution in [0.2, 0.25) is 0 Å². The lowest BCUT2D eigenvalue weighted by Crippen LogP contribution is -2.09. The second-order valence-electron chi connectivity index (χ2n) is 4.20. The highest BCUT2D eigenvalue weighted by Gasteiger charge is 2.16. The summed E-state index contributed by atoms with van der Waals surface area (Å²) in [4.78, 5) is 0. The van der Waals surface area contributed by atoms with Crippen molar-refractivity contribution >= 4 is 17.4 Å². The molecule has 2 N–H and O–H groups in total. The predicted octanol–water partition coefficient (Wildman–Crippen LogP) is 1.25. The van der Waals surface area contributed by atoms with Crippen molar-refractivity contribution in [2.24, 2.45) is 12.8 Å². The summed E-state index contributed by atoms with van der Waals surface area (Å²) in [5, 5.41) is 13.5. The summed E-state index contributed by atoms with van der Waals surface area (Å²) in [6.07, 6.45) is 5.77. The van der Waals surface area contributed by atoms with E-state index >= 15 is 0 Å². The van der Waals surface area contributed by atoms with Crippen molar-refractivity contribution in [1.29, 1.82) is 0 Å². The van der Waals surface area contributed by atoms with E-state index in [1.807, 2.05) is 48.2 Å². The smallest absolute Gasteiger partial charge is 0.196 e. The molecule has 3 rings (SSSR count). The van der Waals surface area contributed by atoms with Gasteiger partial charge in [-0.1, -0.05) is 17.8 Å². The van der Waals surface area contributed by atoms with Crippen LogP contribution in [0, 0.1) is 0 Å². The molecule has 0 aliphatic heterocycles. The molecule has 0 fully saturated rings. The second kappa shape index (κ2) is 5.02. The normalized spacial score (nSPS) is 12.9. The van der Waals surface area contributed by atoms with Gasteiger partial charge in [-0.2, -0.15) is 5.10 Å². The molecule has 0 aromatic carbocycles. The minimum Gasteiger partial charge on any atom is -0.329 e. The lowest BCUT2D eigenvalue weighted by atomic mass is 10.2. The summed E-state index contributed by atoms with van der Waals surface area (Å²) < 4.78 is 3.74. The molecule has 3 heterocycles. The van der Waals surface area contributed by atoms with Gasteiger partial charge in [0, 0.05) is 31.5 Å². The second-order valence-corrected chi connectivity index (χ2v) is 5.37. The zero-order valence-electron chi connectivity index (χ0n) is 10.5. The van der Waals surface area contributed by atoms with Gasteiger partial charge in [0.2, 0.25) is 0 Å². The minimum atomic E-state index is 0.126. The molecule has 0 amide bonds. The van der Waals surface area contributed by atoms with E-state index in [2.05, 4.69) is 15.3 Å². The van der Waals surface area contributed by atoms with Crippen molar-refractivity contribution in [2.75, 3.05) is 6.54 Å². The number of hydrogen-bond donors (Lipinski definition) is 1. The standard InChI is InChI=1S/C12H14N6S/c1-17-8-9(7-14-17)10(6-13)19-12-16-15-11-4-2-3-5-18(11)12/h2-5,7-8,10H,6,13H2,1H3. The molecular formula is C12H14N6S. The fraction of sp³-hybridized carbons (Fsp3) is 0.250. The van der Waals surface area contributed by atoms with Gasteiger partial charge in [0.1, 0.15) is 0 Å². The zero-order valence-corrected chi connectivity index (χ0v) is 11.3. The van der Waals surface area contributed by atoms with Crippen molar-refractivity contribution in [1.82, 2.24) is 24.4 Å². The molecule has 1 atom stereocenters. The van der Waals surface area contributed by atoms with Crippen molar-refractivity contribution < 1.29 is 0 Å². The number of nitrogens with two attached hydrogens (primary N) is 1. The number of pyridine rings is 1. The first-order valence-electron chi connectivity index (χ1n) is 5.93. The Bertz CT molecular complexity index is 688. The lowest BCUT2D eigenvalue weighted by Gasteiger charge is -2.10. The van der Waals surface area contributed by atoms with Gasteiger partial charge >= 0.3 is 0 Å². The van der Waals surface area contributed by atoms with E-state index in [-0.39, 0.29) is 5.25 Å². The van der Waals surface area contributed by atoms with Crippen LogP contribution in [0.1, 0.15) is 10.8 Å². The van der Waals surface area contributed by atoms with Gasteiger partial charge in [-0.25, -0.2) is 0 Å². The van der Waals surface area contributed by atoms with Crippen LogP contribution in [0.15, 0.2) is 41.9 Å². The zero-order chi connectivity index (χ0) is 13.2. The van der Waals surface area contributed by atoms with Crippen LogP contribution in [0.5, 0.6) is 0 Å². The summed E-state index contributed by atoms with van der Waals surface area (Å²) in [6.45, 7) is 0.526. The van der Waals surface area contributed by atoms with Crippen LogP contribution in [0.3, 0.4) is 0 Å². The van der Waals surface area contributed by atoms with Gasteiger partial charge in [-0.05, 0) is 12.1 Å². The molecule has 0 spiro atoms. The average Bonchev–Trinajstić information content (AvgIpc) is 3.03. The van der Waals surface area contributed by atoms with Crippen molar-refractivity contribution in [3.8, 4) is 0 Å². The van der Waals surface area contributed by atoms with Crippen LogP contribution >= 0.6 is 11.8 Å². The molecular weight excluding hydrogens is 260 g/mol. The van der Waals surface area contributed by atoms with E-state index in [0.29, 0.717) is 6.54 Å². The summed E-state index contributed by atoms with van der Waals surface area (Å²) in [5.74, 6) is 0. The Hall–Kier alpha value is -1.86. The molecule has 0 saturated carbocycles. The largest absolute Gasteiger partial charge is 0.329 e. The molecule has 1 unspecified atom stereocenters. The Morgan fingerprint density at radius 3 is 3.00 bits per heavy atom. The molecule has 7 heteroatoms. The Morgan fingerprint density at radius 1 is 1.37 bits per heavy atom. The van der Waals surface area contributed by atoms with Crippen LogP contribution < -0.4 is 5.73 Å². The maximum absolute atomic E-state index is 5.86. The number of aromatic nitrogens is 5. The van der Waals surface area contributed by atoms with Crippen LogP contribution in [0.4, 0.5) is 0 Å². The average molecular weight is 274 g/mol. The number of thioether (sulfide) groups is 1. The third-order valence-corrected chi connectivity index (χ3v) is 4.08. The van der Waals surface area contributed by atoms with Gasteiger partial charge in [-0.3, -0.25) is 9.08 Å². The van der Waals surface area contributed by atoms with Crippen molar-refractivity contribution in [3.63, 3.8) is 0 Å². The predicted molar refractivity (Wildman–Crippen MR) is 73.8 cm³/mol. The molecule has 98 valence electrons. The minimum absolute atomic E-state index is 0.126. The number of rotatable bonds is 4. The maximum Gasteiger partial charge on any atom is 0.196 e. The van der Waals surface area contributed by atoms with E-state index in [0.717, 1.165) is 16.4 Å². The van der Waals surface area contributed by atoms with E-state index in [1.54, 1.807) is 16.4 Å². The molecule has 0 bridgehead atoms. The van der Waals surface area contributed by atoms with Gasteiger partial charge in [-0.15, -0.1) is 10.2 Å². The first kappa shape index (κ1) is 12.2. The highest BCUT2D eigenvalue weighted by atomic mass is 32.2. The van der Waals surface area contributed by atoms with E-state index < -0.39 is 0 Å². The van der Waals surface area contributed by atoms with E-state index in [4.69, 9.17) is 5.73 Å². The van der Waals surface area contributed by atoms with Crippen molar-refractivity contribution in [3.05, 3.63) is 42.4 Å². The fourth-order valence-corrected chi connectivity index (χ4v) is 2.85. The first-order valence-corrected chi connectivity index (χ1v) is 6.81. The molecule has 0 saturated heterocycles. The molecule has 0 aliphatic rings. The third kappa shape index (κ3) is 2.34. The van der Waals surface area contributed by atoms with Gasteiger partial charge in [0.25, 0.3) is 0 Å². The number of hydrogen-bond acceptors (Lipinski definition) is 5. The molecule has 3 aromatic rings. The molecule has 6 nitrogen and oxygen atoms in total. The Labute approximate surface area is 114 Å². The molecule has 0 aliphatic carbocycles. The van der Waals surface area contributed by atoms with Crippen LogP contribution in [-0.2, 0) is 7.05 Å². The Balaban J connectivity index is 1.90. The monoisotopic (exact) mass is 274 g/mol. The number of aryl methyl sites for hydroxylation is 1. The van der Waals surface area contributed by atoms with Gasteiger partial charge < -0.3 is 5.73 Å². The van der Waals surface area contributed by atoms with E-state index in [9.17, 15) is 0 Å². The first-order chi connectivity index (χ1) is 9.28. The van der Waals surface area contributed by atoms with E-state index in [1.165, 1.54) is 0 Å². The Morgan fingerprint density at radius 2 is 2.26 bits per heavy atom. The topological polar surface area (TPSA) is 74.0 Å².